The van der Waals surface area contributed by atoms with Crippen LogP contribution >= 0.6 is 0 Å². The summed E-state index contributed by atoms with van der Waals surface area (Å²) >= 11 is 0. The lowest BCUT2D eigenvalue weighted by molar-refractivity contribution is -0.128. The Morgan fingerprint density at radius 3 is 2.30 bits per heavy atom. The number of aromatic nitrogens is 4. The summed E-state index contributed by atoms with van der Waals surface area (Å²) in [6, 6.07) is 25.6. The molecule has 0 bridgehead atoms. The molecular formula is C30H27N7O5S. The van der Waals surface area contributed by atoms with Gasteiger partial charge in [-0.25, -0.2) is 0 Å². The molecule has 4 aromatic carbocycles. The third-order valence-electron chi connectivity index (χ3n) is 7.02. The monoisotopic (exact) mass is 597 g/mol. The van der Waals surface area contributed by atoms with E-state index in [0.717, 1.165) is 22.9 Å². The van der Waals surface area contributed by atoms with E-state index in [-0.39, 0.29) is 5.69 Å². The first-order chi connectivity index (χ1) is 20.6. The van der Waals surface area contributed by atoms with Crippen LogP contribution in [0.2, 0.25) is 0 Å². The summed E-state index contributed by atoms with van der Waals surface area (Å²) in [7, 11) is -0.142. The van der Waals surface area contributed by atoms with E-state index in [1.807, 2.05) is 55.4 Å². The van der Waals surface area contributed by atoms with Crippen molar-refractivity contribution in [2.45, 2.75) is 12.8 Å². The lowest BCUT2D eigenvalue weighted by Crippen LogP contribution is -2.33. The van der Waals surface area contributed by atoms with E-state index in [1.54, 1.807) is 53.2 Å². The summed E-state index contributed by atoms with van der Waals surface area (Å²) in [5.74, 6) is -0.718. The summed E-state index contributed by atoms with van der Waals surface area (Å²) in [6.07, 6.45) is 0.732. The van der Waals surface area contributed by atoms with Crippen LogP contribution in [0.5, 0.6) is 0 Å². The topological polar surface area (TPSA) is 131 Å². The predicted molar refractivity (Wildman–Crippen MR) is 162 cm³/mol. The molecule has 43 heavy (non-hydrogen) atoms. The molecule has 2 heterocycles. The van der Waals surface area contributed by atoms with Gasteiger partial charge in [0, 0.05) is 37.3 Å². The number of hydroxylamine groups is 1. The summed E-state index contributed by atoms with van der Waals surface area (Å²) < 4.78 is 31.1. The molecule has 2 amide bonds. The van der Waals surface area contributed by atoms with Crippen LogP contribution in [0, 0.1) is 0 Å². The fraction of sp³-hybridized carbons (Fsp3) is 0.167. The Bertz CT molecular complexity index is 1970. The van der Waals surface area contributed by atoms with Crippen LogP contribution in [-0.4, -0.2) is 60.8 Å². The minimum Gasteiger partial charge on any atom is -0.377 e. The minimum atomic E-state index is -4.10. The van der Waals surface area contributed by atoms with Crippen LogP contribution < -0.4 is 14.9 Å². The number of fused-ring (bicyclic) bond motifs is 3. The first kappa shape index (κ1) is 28.0. The highest BCUT2D eigenvalue weighted by molar-refractivity contribution is 7.86. The molecule has 0 saturated carbocycles. The Labute approximate surface area is 247 Å². The van der Waals surface area contributed by atoms with Gasteiger partial charge >= 0.3 is 0 Å². The van der Waals surface area contributed by atoms with Crippen molar-refractivity contribution in [1.82, 2.24) is 20.2 Å². The van der Waals surface area contributed by atoms with Crippen LogP contribution in [0.4, 0.5) is 22.7 Å². The zero-order valence-electron chi connectivity index (χ0n) is 23.6. The van der Waals surface area contributed by atoms with E-state index in [2.05, 4.69) is 15.5 Å². The predicted octanol–water partition coefficient (Wildman–Crippen LogP) is 3.76. The van der Waals surface area contributed by atoms with Crippen molar-refractivity contribution in [2.24, 2.45) is 0 Å². The van der Waals surface area contributed by atoms with Crippen LogP contribution in [-0.2, 0) is 30.4 Å². The number of tetrazole rings is 1. The van der Waals surface area contributed by atoms with E-state index in [0.29, 0.717) is 39.8 Å². The van der Waals surface area contributed by atoms with E-state index in [1.165, 1.54) is 4.90 Å². The fourth-order valence-electron chi connectivity index (χ4n) is 5.20. The molecule has 1 aliphatic rings. The number of carbonyl (C=O) groups excluding carboxylic acids is 2. The number of nitrogens with zero attached hydrogens (tertiary/aromatic N) is 7. The Kier molecular flexibility index (Phi) is 7.12. The fourth-order valence-corrected chi connectivity index (χ4v) is 5.63. The van der Waals surface area contributed by atoms with Crippen LogP contribution in [0.25, 0.3) is 16.5 Å². The van der Waals surface area contributed by atoms with E-state index >= 15 is 0 Å². The first-order valence-corrected chi connectivity index (χ1v) is 15.1. The number of anilines is 4. The van der Waals surface area contributed by atoms with Crippen molar-refractivity contribution in [3.8, 4) is 5.69 Å². The second kappa shape index (κ2) is 10.9. The van der Waals surface area contributed by atoms with Gasteiger partial charge in [0.05, 0.1) is 17.6 Å². The van der Waals surface area contributed by atoms with Crippen LogP contribution in [0.3, 0.4) is 0 Å². The summed E-state index contributed by atoms with van der Waals surface area (Å²) in [6.45, 7) is 0. The van der Waals surface area contributed by atoms with E-state index in [4.69, 9.17) is 4.28 Å². The van der Waals surface area contributed by atoms with Crippen LogP contribution in [0.15, 0.2) is 84.9 Å². The lowest BCUT2D eigenvalue weighted by Gasteiger charge is -2.26. The van der Waals surface area contributed by atoms with Crippen molar-refractivity contribution < 1.29 is 22.3 Å². The zero-order chi connectivity index (χ0) is 30.3. The highest BCUT2D eigenvalue weighted by atomic mass is 32.2. The van der Waals surface area contributed by atoms with Gasteiger partial charge in [-0.05, 0) is 57.8 Å². The number of hydrogen-bond acceptors (Lipinski definition) is 9. The zero-order valence-corrected chi connectivity index (χ0v) is 24.4. The molecule has 6 rings (SSSR count). The number of carbonyl (C=O) groups is 2. The number of benzene rings is 4. The smallest absolute Gasteiger partial charge is 0.285 e. The molecule has 13 heteroatoms. The average Bonchev–Trinajstić information content (AvgIpc) is 3.40. The van der Waals surface area contributed by atoms with E-state index < -0.39 is 28.4 Å². The van der Waals surface area contributed by atoms with Gasteiger partial charge in [0.25, 0.3) is 16.0 Å². The molecule has 0 unspecified atom stereocenters. The number of rotatable bonds is 7. The second-order valence-corrected chi connectivity index (χ2v) is 11.8. The maximum absolute atomic E-state index is 13.5. The van der Waals surface area contributed by atoms with Gasteiger partial charge in [0.15, 0.2) is 5.82 Å². The molecule has 0 aliphatic carbocycles. The molecule has 1 aliphatic heterocycles. The third kappa shape index (κ3) is 5.43. The van der Waals surface area contributed by atoms with Gasteiger partial charge in [0.2, 0.25) is 5.91 Å². The van der Waals surface area contributed by atoms with Gasteiger partial charge in [0.1, 0.15) is 12.1 Å². The Hall–Kier alpha value is -5.14. The Morgan fingerprint density at radius 1 is 0.860 bits per heavy atom. The van der Waals surface area contributed by atoms with Gasteiger partial charge in [-0.3, -0.25) is 14.5 Å². The summed E-state index contributed by atoms with van der Waals surface area (Å²) in [4.78, 5) is 30.2. The molecule has 0 saturated heterocycles. The quantitative estimate of drug-likeness (QED) is 0.257. The highest BCUT2D eigenvalue weighted by Crippen LogP contribution is 2.43. The molecule has 0 fully saturated rings. The normalized spacial score (nSPS) is 13.7. The van der Waals surface area contributed by atoms with E-state index in [9.17, 15) is 18.0 Å². The van der Waals surface area contributed by atoms with Crippen molar-refractivity contribution in [1.29, 1.82) is 0 Å². The number of hydrogen-bond donors (Lipinski definition) is 0. The number of para-hydroxylation sites is 1. The molecule has 0 N–H and O–H groups in total. The summed E-state index contributed by atoms with van der Waals surface area (Å²) in [5, 5.41) is 14.3. The second-order valence-electron chi connectivity index (χ2n) is 10.3. The van der Waals surface area contributed by atoms with Gasteiger partial charge in [-0.1, -0.05) is 48.5 Å². The van der Waals surface area contributed by atoms with Gasteiger partial charge in [-0.2, -0.15) is 18.2 Å². The standard InChI is InChI=1S/C30H27N7O5S/c1-34(2)25-11-7-5-9-21(25)18-27-31-32-33-36(27)23-15-13-22(14-16-23)35-26-17-12-20-8-4-6-10-24(20)30(26)37(42-43(3,40)41)29(39)19-28(35)38/h4-17H,18-19H2,1-3H3. The third-order valence-corrected chi connectivity index (χ3v) is 7.44. The minimum absolute atomic E-state index is 0.158. The largest absolute Gasteiger partial charge is 0.377 e. The first-order valence-electron chi connectivity index (χ1n) is 13.3. The van der Waals surface area contributed by atoms with Gasteiger partial charge < -0.3 is 4.90 Å². The van der Waals surface area contributed by atoms with Crippen molar-refractivity contribution in [3.05, 3.63) is 96.3 Å². The summed E-state index contributed by atoms with van der Waals surface area (Å²) in [5.41, 5.74) is 3.71. The molecule has 0 spiro atoms. The maximum atomic E-state index is 13.5. The van der Waals surface area contributed by atoms with Crippen molar-refractivity contribution in [3.63, 3.8) is 0 Å². The highest BCUT2D eigenvalue weighted by Gasteiger charge is 2.36. The number of amides is 2. The Morgan fingerprint density at radius 2 is 1.56 bits per heavy atom. The molecule has 0 atom stereocenters. The van der Waals surface area contributed by atoms with Crippen molar-refractivity contribution >= 4 is 55.5 Å². The molecule has 1 aromatic heterocycles. The van der Waals surface area contributed by atoms with Crippen molar-refractivity contribution in [2.75, 3.05) is 35.2 Å². The molecular weight excluding hydrogens is 570 g/mol. The molecule has 0 radical (unpaired) electrons. The van der Waals surface area contributed by atoms with Gasteiger partial charge in [-0.15, -0.1) is 9.38 Å². The maximum Gasteiger partial charge on any atom is 0.285 e. The molecule has 12 nitrogen and oxygen atoms in total. The van der Waals surface area contributed by atoms with Crippen LogP contribution in [0.1, 0.15) is 17.8 Å². The average molecular weight is 598 g/mol. The molecule has 5 aromatic rings. The lowest BCUT2D eigenvalue weighted by atomic mass is 10.1. The molecule has 218 valence electrons. The SMILES string of the molecule is CN(C)c1ccccc1Cc1nnnn1-c1ccc(N2C(=O)CC(=O)N(OS(C)(=O)=O)c3c2ccc2ccccc32)cc1. The Balaban J connectivity index is 1.41.